The Bertz CT molecular complexity index is 1660. The van der Waals surface area contributed by atoms with E-state index in [0.29, 0.717) is 0 Å². The molecule has 5 aromatic rings. The van der Waals surface area contributed by atoms with E-state index >= 15 is 0 Å². The van der Waals surface area contributed by atoms with Crippen LogP contribution in [0.4, 0.5) is 0 Å². The molecule has 0 saturated carbocycles. The Morgan fingerprint density at radius 2 is 0.904 bits per heavy atom. The SMILES string of the molecule is C/C=C\C(C)=C(/C)c1ccccc1C.CC.CC.CCC.CCCC.Cc1cc(C)c2cccc(C)c2c1.Cc1ccccc1-c1ccccc1C. The third kappa shape index (κ3) is 18.4. The van der Waals surface area contributed by atoms with E-state index in [9.17, 15) is 0 Å². The molecule has 0 aliphatic carbocycles. The van der Waals surface area contributed by atoms with Crippen LogP contribution in [0.1, 0.15) is 134 Å². The Kier molecular flexibility index (Phi) is 29.3. The van der Waals surface area contributed by atoms with Crippen molar-refractivity contribution in [1.29, 1.82) is 0 Å². The predicted molar refractivity (Wildman–Crippen MR) is 243 cm³/mol. The van der Waals surface area contributed by atoms with E-state index < -0.39 is 0 Å². The van der Waals surface area contributed by atoms with Gasteiger partial charge in [0.2, 0.25) is 0 Å². The van der Waals surface area contributed by atoms with Crippen molar-refractivity contribution in [3.05, 3.63) is 160 Å². The second kappa shape index (κ2) is 30.5. The number of rotatable bonds is 4. The number of unbranched alkanes of at least 4 members (excludes halogenated alkanes) is 1. The minimum atomic E-state index is 1.25. The first-order valence-corrected chi connectivity index (χ1v) is 19.9. The van der Waals surface area contributed by atoms with Crippen LogP contribution >= 0.6 is 0 Å². The molecule has 0 amide bonds. The summed E-state index contributed by atoms with van der Waals surface area (Å²) in [5.41, 5.74) is 14.8. The zero-order valence-corrected chi connectivity index (χ0v) is 36.6. The summed E-state index contributed by atoms with van der Waals surface area (Å²) >= 11 is 0. The highest BCUT2D eigenvalue weighted by molar-refractivity contribution is 5.89. The number of allylic oxidation sites excluding steroid dienone is 4. The lowest BCUT2D eigenvalue weighted by atomic mass is 9.97. The zero-order valence-electron chi connectivity index (χ0n) is 36.6. The summed E-state index contributed by atoms with van der Waals surface area (Å²) < 4.78 is 0. The van der Waals surface area contributed by atoms with Gasteiger partial charge in [0.05, 0.1) is 0 Å². The molecule has 5 aromatic carbocycles. The van der Waals surface area contributed by atoms with E-state index in [1.54, 1.807) is 0 Å². The van der Waals surface area contributed by atoms with Gasteiger partial charge in [-0.05, 0) is 129 Å². The standard InChI is InChI=1S/C14H14.C14H18.C13H14.C4H10.C3H8.2C2H6/c1-11-7-3-5-9-13(11)14-10-6-4-8-12(14)2;1-5-8-11(2)13(4)14-10-7-6-9-12(14)3;1-9-7-11(3)12-6-4-5-10(2)13(12)8-9;1-3-4-2;1-3-2;2*1-2/h3-10H,1-2H3;5-10H,1-4H3;4-8H,1-3H3;3-4H2,1-2H3;3H2,1-2H3;2*1-2H3/b;8-5-,13-11+;;;;;. The van der Waals surface area contributed by atoms with Gasteiger partial charge in [-0.1, -0.05) is 195 Å². The van der Waals surface area contributed by atoms with E-state index in [-0.39, 0.29) is 0 Å². The Morgan fingerprint density at radius 3 is 1.33 bits per heavy atom. The molecule has 0 N–H and O–H groups in total. The van der Waals surface area contributed by atoms with E-state index in [4.69, 9.17) is 0 Å². The lowest BCUT2D eigenvalue weighted by Gasteiger charge is -2.08. The molecular weight excluding hydrogens is 625 g/mol. The summed E-state index contributed by atoms with van der Waals surface area (Å²) in [7, 11) is 0. The van der Waals surface area contributed by atoms with Gasteiger partial charge in [-0.2, -0.15) is 0 Å². The number of aryl methyl sites for hydroxylation is 6. The van der Waals surface area contributed by atoms with Gasteiger partial charge in [0.1, 0.15) is 0 Å². The fourth-order valence-corrected chi connectivity index (χ4v) is 5.24. The van der Waals surface area contributed by atoms with Crippen LogP contribution in [0.25, 0.3) is 27.5 Å². The molecule has 0 radical (unpaired) electrons. The lowest BCUT2D eigenvalue weighted by Crippen LogP contribution is -1.87. The second-order valence-electron chi connectivity index (χ2n) is 12.7. The number of fused-ring (bicyclic) bond motifs is 1. The molecule has 0 heterocycles. The van der Waals surface area contributed by atoms with Gasteiger partial charge < -0.3 is 0 Å². The zero-order chi connectivity index (χ0) is 40.1. The van der Waals surface area contributed by atoms with Gasteiger partial charge in [-0.25, -0.2) is 0 Å². The highest BCUT2D eigenvalue weighted by Crippen LogP contribution is 2.26. The van der Waals surface area contributed by atoms with Crippen LogP contribution in [-0.2, 0) is 0 Å². The van der Waals surface area contributed by atoms with E-state index in [0.717, 1.165) is 0 Å². The first kappa shape index (κ1) is 50.0. The number of benzene rings is 5. The third-order valence-corrected chi connectivity index (χ3v) is 8.20. The summed E-state index contributed by atoms with van der Waals surface area (Å²) in [6, 6.07) is 36.5. The van der Waals surface area contributed by atoms with Gasteiger partial charge in [0.15, 0.2) is 0 Å². The fraction of sp³-hybridized carbons (Fsp3) is 0.385. The molecule has 284 valence electrons. The van der Waals surface area contributed by atoms with Crippen molar-refractivity contribution in [2.45, 2.75) is 137 Å². The normalized spacial score (nSPS) is 10.1. The third-order valence-electron chi connectivity index (χ3n) is 8.20. The predicted octanol–water partition coefficient (Wildman–Crippen LogP) is 17.4. The fourth-order valence-electron chi connectivity index (χ4n) is 5.24. The van der Waals surface area contributed by atoms with Crippen molar-refractivity contribution in [3.8, 4) is 11.1 Å². The smallest absolute Gasteiger partial charge is 0.0149 e. The van der Waals surface area contributed by atoms with Crippen LogP contribution < -0.4 is 0 Å². The number of hydrogen-bond acceptors (Lipinski definition) is 0. The molecule has 0 heteroatoms. The van der Waals surface area contributed by atoms with Crippen molar-refractivity contribution in [3.63, 3.8) is 0 Å². The largest absolute Gasteiger partial charge is 0.0874 e. The highest BCUT2D eigenvalue weighted by Gasteiger charge is 2.03. The van der Waals surface area contributed by atoms with Crippen LogP contribution in [0.3, 0.4) is 0 Å². The molecule has 0 spiro atoms. The van der Waals surface area contributed by atoms with Crippen LogP contribution in [0, 0.1) is 41.5 Å². The van der Waals surface area contributed by atoms with E-state index in [2.05, 4.69) is 205 Å². The average Bonchev–Trinajstić information content (AvgIpc) is 3.15. The molecule has 0 atom stereocenters. The van der Waals surface area contributed by atoms with Crippen LogP contribution in [0.15, 0.2) is 121 Å². The molecule has 5 rings (SSSR count). The van der Waals surface area contributed by atoms with E-state index in [1.165, 1.54) is 91.3 Å². The minimum Gasteiger partial charge on any atom is -0.0874 e. The first-order chi connectivity index (χ1) is 25.0. The second-order valence-corrected chi connectivity index (χ2v) is 12.7. The van der Waals surface area contributed by atoms with Crippen molar-refractivity contribution in [2.75, 3.05) is 0 Å². The Balaban J connectivity index is 0. The Hall–Kier alpha value is -4.16. The monoisotopic (exact) mass is 701 g/mol. The molecule has 0 nitrogen and oxygen atoms in total. The summed E-state index contributed by atoms with van der Waals surface area (Å²) in [5.74, 6) is 0. The quantitative estimate of drug-likeness (QED) is 0.164. The summed E-state index contributed by atoms with van der Waals surface area (Å²) in [6.07, 6.45) is 8.12. The molecular formula is C52H76. The van der Waals surface area contributed by atoms with Gasteiger partial charge in [-0.15, -0.1) is 0 Å². The van der Waals surface area contributed by atoms with Gasteiger partial charge in [0, 0.05) is 0 Å². The molecule has 0 aliphatic heterocycles. The number of hydrogen-bond donors (Lipinski definition) is 0. The van der Waals surface area contributed by atoms with Crippen molar-refractivity contribution < 1.29 is 0 Å². The summed E-state index contributed by atoms with van der Waals surface area (Å²) in [5, 5.41) is 2.77. The highest BCUT2D eigenvalue weighted by atomic mass is 14.1. The van der Waals surface area contributed by atoms with Crippen molar-refractivity contribution in [1.82, 2.24) is 0 Å². The molecule has 0 unspecified atom stereocenters. The maximum atomic E-state index is 2.26. The first-order valence-electron chi connectivity index (χ1n) is 19.9. The lowest BCUT2D eigenvalue weighted by molar-refractivity contribution is 0.886. The average molecular weight is 701 g/mol. The Labute approximate surface area is 323 Å². The van der Waals surface area contributed by atoms with Gasteiger partial charge in [-0.3, -0.25) is 0 Å². The molecule has 0 aliphatic rings. The summed E-state index contributed by atoms with van der Waals surface area (Å²) in [4.78, 5) is 0. The molecule has 0 fully saturated rings. The molecule has 0 aromatic heterocycles. The minimum absolute atomic E-state index is 1.25. The molecule has 0 bridgehead atoms. The van der Waals surface area contributed by atoms with Crippen LogP contribution in [-0.4, -0.2) is 0 Å². The van der Waals surface area contributed by atoms with Crippen LogP contribution in [0.2, 0.25) is 0 Å². The van der Waals surface area contributed by atoms with Crippen molar-refractivity contribution in [2.24, 2.45) is 0 Å². The summed E-state index contributed by atoms with van der Waals surface area (Å²) in [6.45, 7) is 36.0. The van der Waals surface area contributed by atoms with Gasteiger partial charge in [0.25, 0.3) is 0 Å². The maximum Gasteiger partial charge on any atom is -0.0149 e. The van der Waals surface area contributed by atoms with E-state index in [1.807, 2.05) is 27.7 Å². The van der Waals surface area contributed by atoms with Crippen LogP contribution in [0.5, 0.6) is 0 Å². The molecule has 52 heavy (non-hydrogen) atoms. The molecule has 0 saturated heterocycles. The maximum absolute atomic E-state index is 2.26. The van der Waals surface area contributed by atoms with Gasteiger partial charge >= 0.3 is 0 Å². The Morgan fingerprint density at radius 1 is 0.481 bits per heavy atom. The van der Waals surface area contributed by atoms with Crippen molar-refractivity contribution >= 4 is 16.3 Å². The topological polar surface area (TPSA) is 0 Å².